The lowest BCUT2D eigenvalue weighted by atomic mass is 9.67. The molecule has 0 aromatic heterocycles. The third-order valence-corrected chi connectivity index (χ3v) is 4.99. The number of rotatable bonds is 4. The summed E-state index contributed by atoms with van der Waals surface area (Å²) in [6.07, 6.45) is 1.22. The van der Waals surface area contributed by atoms with Gasteiger partial charge in [0.15, 0.2) is 11.5 Å². The summed E-state index contributed by atoms with van der Waals surface area (Å²) < 4.78 is 22.1. The van der Waals surface area contributed by atoms with E-state index in [1.54, 1.807) is 25.3 Å². The summed E-state index contributed by atoms with van der Waals surface area (Å²) in [4.78, 5) is 12.6. The summed E-state index contributed by atoms with van der Waals surface area (Å²) in [6.45, 7) is 2.43. The maximum absolute atomic E-state index is 12.6. The molecule has 23 heavy (non-hydrogen) atoms. The van der Waals surface area contributed by atoms with Gasteiger partial charge in [0.1, 0.15) is 13.2 Å². The van der Waals surface area contributed by atoms with Crippen molar-refractivity contribution in [2.75, 3.05) is 33.5 Å². The molecule has 0 radical (unpaired) electrons. The summed E-state index contributed by atoms with van der Waals surface area (Å²) in [5, 5.41) is 3.15. The van der Waals surface area contributed by atoms with Crippen molar-refractivity contribution in [3.8, 4) is 11.5 Å². The minimum atomic E-state index is -0.0848. The van der Waals surface area contributed by atoms with Crippen molar-refractivity contribution >= 4 is 5.91 Å². The van der Waals surface area contributed by atoms with Gasteiger partial charge in [0, 0.05) is 37.2 Å². The maximum Gasteiger partial charge on any atom is 0.251 e. The fourth-order valence-electron chi connectivity index (χ4n) is 3.85. The van der Waals surface area contributed by atoms with Gasteiger partial charge in [0.05, 0.1) is 12.7 Å². The zero-order valence-electron chi connectivity index (χ0n) is 13.1. The van der Waals surface area contributed by atoms with E-state index in [9.17, 15) is 4.79 Å². The number of hydrogen-bond acceptors (Lipinski definition) is 5. The van der Waals surface area contributed by atoms with Crippen LogP contribution in [0, 0.1) is 11.8 Å². The average Bonchev–Trinajstić information content (AvgIpc) is 3.01. The monoisotopic (exact) mass is 319 g/mol. The van der Waals surface area contributed by atoms with Gasteiger partial charge in [-0.15, -0.1) is 0 Å². The number of methoxy groups -OCH3 is 1. The zero-order valence-corrected chi connectivity index (χ0v) is 13.1. The Hall–Kier alpha value is -1.79. The van der Waals surface area contributed by atoms with E-state index in [4.69, 9.17) is 18.9 Å². The van der Waals surface area contributed by atoms with E-state index < -0.39 is 0 Å². The summed E-state index contributed by atoms with van der Waals surface area (Å²) in [6, 6.07) is 5.42. The lowest BCUT2D eigenvalue weighted by molar-refractivity contribution is -0.0809. The van der Waals surface area contributed by atoms with Crippen LogP contribution in [-0.4, -0.2) is 51.6 Å². The van der Waals surface area contributed by atoms with Gasteiger partial charge in [-0.25, -0.2) is 0 Å². The first-order chi connectivity index (χ1) is 11.3. The van der Waals surface area contributed by atoms with Gasteiger partial charge in [-0.3, -0.25) is 4.79 Å². The van der Waals surface area contributed by atoms with Crippen LogP contribution < -0.4 is 14.8 Å². The number of nitrogens with one attached hydrogen (secondary N) is 1. The third-order valence-electron chi connectivity index (χ3n) is 4.99. The molecule has 0 bridgehead atoms. The molecule has 6 nitrogen and oxygen atoms in total. The van der Waals surface area contributed by atoms with Crippen molar-refractivity contribution in [2.24, 2.45) is 11.8 Å². The van der Waals surface area contributed by atoms with E-state index in [2.05, 4.69) is 5.32 Å². The molecule has 1 amide bonds. The highest BCUT2D eigenvalue weighted by Gasteiger charge is 2.54. The summed E-state index contributed by atoms with van der Waals surface area (Å²) in [7, 11) is 1.68. The maximum atomic E-state index is 12.6. The van der Waals surface area contributed by atoms with Crippen LogP contribution in [0.15, 0.2) is 18.2 Å². The van der Waals surface area contributed by atoms with Crippen molar-refractivity contribution in [2.45, 2.75) is 18.6 Å². The molecule has 1 N–H and O–H groups in total. The number of hydrogen-bond donors (Lipinski definition) is 1. The second kappa shape index (κ2) is 6.02. The molecular formula is C17H21NO5. The number of carbonyl (C=O) groups excluding carboxylic acids is 1. The molecule has 1 saturated heterocycles. The lowest BCUT2D eigenvalue weighted by Gasteiger charge is -2.47. The van der Waals surface area contributed by atoms with E-state index in [-0.39, 0.29) is 24.0 Å². The molecule has 6 heteroatoms. The summed E-state index contributed by atoms with van der Waals surface area (Å²) >= 11 is 0. The van der Waals surface area contributed by atoms with Crippen LogP contribution in [0.5, 0.6) is 11.5 Å². The van der Waals surface area contributed by atoms with E-state index in [0.717, 1.165) is 13.0 Å². The van der Waals surface area contributed by atoms with Crippen molar-refractivity contribution in [3.63, 3.8) is 0 Å². The molecular weight excluding hydrogens is 298 g/mol. The number of ether oxygens (including phenoxy) is 4. The minimum Gasteiger partial charge on any atom is -0.486 e. The molecule has 3 aliphatic rings. The molecule has 1 aromatic rings. The van der Waals surface area contributed by atoms with Crippen molar-refractivity contribution in [1.82, 2.24) is 5.32 Å². The van der Waals surface area contributed by atoms with Crippen LogP contribution in [0.1, 0.15) is 16.8 Å². The topological polar surface area (TPSA) is 66.0 Å². The highest BCUT2D eigenvalue weighted by molar-refractivity contribution is 5.95. The van der Waals surface area contributed by atoms with Crippen LogP contribution in [0.2, 0.25) is 0 Å². The van der Waals surface area contributed by atoms with Gasteiger partial charge in [-0.1, -0.05) is 0 Å². The molecule has 0 spiro atoms. The van der Waals surface area contributed by atoms with Gasteiger partial charge in [0.25, 0.3) is 5.91 Å². The third kappa shape index (κ3) is 2.56. The number of carbonyl (C=O) groups is 1. The Morgan fingerprint density at radius 3 is 2.91 bits per heavy atom. The van der Waals surface area contributed by atoms with Crippen molar-refractivity contribution in [3.05, 3.63) is 23.8 Å². The SMILES string of the molecule is COC[C@@H]1[C@@H](NC(=O)c2ccc3c(c2)OCCO3)[C@@H]2CCO[C@H]12. The Kier molecular flexibility index (Phi) is 3.87. The minimum absolute atomic E-state index is 0.0848. The normalized spacial score (nSPS) is 31.2. The van der Waals surface area contributed by atoms with Crippen molar-refractivity contribution in [1.29, 1.82) is 0 Å². The Morgan fingerprint density at radius 2 is 2.09 bits per heavy atom. The van der Waals surface area contributed by atoms with Gasteiger partial charge in [0.2, 0.25) is 0 Å². The molecule has 4 atom stereocenters. The lowest BCUT2D eigenvalue weighted by Crippen LogP contribution is -2.62. The molecule has 2 heterocycles. The molecule has 1 saturated carbocycles. The van der Waals surface area contributed by atoms with Gasteiger partial charge < -0.3 is 24.3 Å². The number of amides is 1. The van der Waals surface area contributed by atoms with Crippen LogP contribution >= 0.6 is 0 Å². The predicted octanol–water partition coefficient (Wildman–Crippen LogP) is 1.24. The molecule has 124 valence electrons. The summed E-state index contributed by atoms with van der Waals surface area (Å²) in [5.41, 5.74) is 0.591. The van der Waals surface area contributed by atoms with E-state index in [1.165, 1.54) is 0 Å². The molecule has 1 aliphatic carbocycles. The molecule has 2 fully saturated rings. The van der Waals surface area contributed by atoms with Crippen LogP contribution in [0.4, 0.5) is 0 Å². The van der Waals surface area contributed by atoms with Gasteiger partial charge in [-0.05, 0) is 24.6 Å². The molecule has 0 unspecified atom stereocenters. The first-order valence-corrected chi connectivity index (χ1v) is 8.09. The fourth-order valence-corrected chi connectivity index (χ4v) is 3.85. The van der Waals surface area contributed by atoms with Crippen LogP contribution in [0.25, 0.3) is 0 Å². The Labute approximate surface area is 135 Å². The smallest absolute Gasteiger partial charge is 0.251 e. The van der Waals surface area contributed by atoms with E-state index in [1.807, 2.05) is 0 Å². The second-order valence-electron chi connectivity index (χ2n) is 6.26. The van der Waals surface area contributed by atoms with Gasteiger partial charge >= 0.3 is 0 Å². The van der Waals surface area contributed by atoms with Crippen LogP contribution in [0.3, 0.4) is 0 Å². The zero-order chi connectivity index (χ0) is 15.8. The quantitative estimate of drug-likeness (QED) is 0.904. The van der Waals surface area contributed by atoms with Crippen molar-refractivity contribution < 1.29 is 23.7 Å². The highest BCUT2D eigenvalue weighted by Crippen LogP contribution is 2.44. The van der Waals surface area contributed by atoms with E-state index in [0.29, 0.717) is 42.8 Å². The first kappa shape index (κ1) is 14.8. The first-order valence-electron chi connectivity index (χ1n) is 8.09. The average molecular weight is 319 g/mol. The second-order valence-corrected chi connectivity index (χ2v) is 6.26. The predicted molar refractivity (Wildman–Crippen MR) is 81.9 cm³/mol. The standard InChI is InChI=1S/C17H21NO5/c1-20-9-12-15(11-4-5-23-16(11)12)18-17(19)10-2-3-13-14(8-10)22-7-6-21-13/h2-3,8,11-12,15-16H,4-7,9H2,1H3,(H,18,19)/t11-,12+,15-,16-/m0/s1. The molecule has 1 aromatic carbocycles. The van der Waals surface area contributed by atoms with Crippen LogP contribution in [-0.2, 0) is 9.47 Å². The Bertz CT molecular complexity index is 605. The Morgan fingerprint density at radius 1 is 1.26 bits per heavy atom. The largest absolute Gasteiger partial charge is 0.486 e. The molecule has 4 rings (SSSR count). The molecule has 2 aliphatic heterocycles. The summed E-state index contributed by atoms with van der Waals surface area (Å²) in [5.74, 6) is 1.87. The van der Waals surface area contributed by atoms with Gasteiger partial charge in [-0.2, -0.15) is 0 Å². The number of fused-ring (bicyclic) bond motifs is 2. The number of benzene rings is 1. The Balaban J connectivity index is 1.47. The fraction of sp³-hybridized carbons (Fsp3) is 0.588. The van der Waals surface area contributed by atoms with E-state index >= 15 is 0 Å². The highest BCUT2D eigenvalue weighted by atomic mass is 16.6.